The molecular formula is C17H33N. The van der Waals surface area contributed by atoms with Crippen LogP contribution in [0.25, 0.3) is 0 Å². The molecule has 0 bridgehead atoms. The molecule has 2 saturated carbocycles. The average molecular weight is 251 g/mol. The monoisotopic (exact) mass is 251 g/mol. The summed E-state index contributed by atoms with van der Waals surface area (Å²) in [5.41, 5.74) is 0. The lowest BCUT2D eigenvalue weighted by atomic mass is 9.68. The molecule has 2 rings (SSSR count). The molecule has 0 aliphatic heterocycles. The largest absolute Gasteiger partial charge is 0.314 e. The van der Waals surface area contributed by atoms with Gasteiger partial charge in [-0.05, 0) is 55.9 Å². The number of hydrogen-bond acceptors (Lipinski definition) is 1. The van der Waals surface area contributed by atoms with Crippen molar-refractivity contribution < 1.29 is 0 Å². The molecule has 2 fully saturated rings. The molecule has 0 aromatic rings. The summed E-state index contributed by atoms with van der Waals surface area (Å²) in [7, 11) is 0. The van der Waals surface area contributed by atoms with Crippen LogP contribution in [0.5, 0.6) is 0 Å². The van der Waals surface area contributed by atoms with E-state index in [0.29, 0.717) is 0 Å². The first-order chi connectivity index (χ1) is 8.77. The SMILES string of the molecule is CCCNC1CCC(C2CCCCC2CC)C1C. The molecule has 0 saturated heterocycles. The molecule has 106 valence electrons. The normalized spacial score (nSPS) is 41.2. The first-order valence-electron chi connectivity index (χ1n) is 8.51. The third-order valence-electron chi connectivity index (χ3n) is 5.82. The summed E-state index contributed by atoms with van der Waals surface area (Å²) >= 11 is 0. The second-order valence-electron chi connectivity index (χ2n) is 6.78. The molecule has 0 aromatic heterocycles. The van der Waals surface area contributed by atoms with Crippen molar-refractivity contribution in [2.24, 2.45) is 23.7 Å². The predicted molar refractivity (Wildman–Crippen MR) is 79.7 cm³/mol. The van der Waals surface area contributed by atoms with Crippen LogP contribution in [-0.2, 0) is 0 Å². The maximum Gasteiger partial charge on any atom is 0.00955 e. The minimum atomic E-state index is 0.814. The summed E-state index contributed by atoms with van der Waals surface area (Å²) in [6.07, 6.45) is 11.6. The Morgan fingerprint density at radius 2 is 1.72 bits per heavy atom. The van der Waals surface area contributed by atoms with E-state index in [4.69, 9.17) is 0 Å². The molecular weight excluding hydrogens is 218 g/mol. The van der Waals surface area contributed by atoms with E-state index in [-0.39, 0.29) is 0 Å². The molecule has 2 aliphatic rings. The van der Waals surface area contributed by atoms with Crippen LogP contribution in [0.2, 0.25) is 0 Å². The van der Waals surface area contributed by atoms with Crippen molar-refractivity contribution in [3.63, 3.8) is 0 Å². The van der Waals surface area contributed by atoms with E-state index in [1.807, 2.05) is 0 Å². The predicted octanol–water partition coefficient (Wildman–Crippen LogP) is 4.62. The molecule has 0 amide bonds. The van der Waals surface area contributed by atoms with Gasteiger partial charge in [-0.15, -0.1) is 0 Å². The Hall–Kier alpha value is -0.0400. The van der Waals surface area contributed by atoms with E-state index in [0.717, 1.165) is 29.7 Å². The summed E-state index contributed by atoms with van der Waals surface area (Å²) in [4.78, 5) is 0. The summed E-state index contributed by atoms with van der Waals surface area (Å²) in [6.45, 7) is 8.42. The highest BCUT2D eigenvalue weighted by Crippen LogP contribution is 2.46. The zero-order chi connectivity index (χ0) is 13.0. The molecule has 0 radical (unpaired) electrons. The van der Waals surface area contributed by atoms with E-state index in [1.165, 1.54) is 57.9 Å². The fourth-order valence-corrected chi connectivity index (χ4v) is 4.72. The third kappa shape index (κ3) is 3.10. The van der Waals surface area contributed by atoms with E-state index < -0.39 is 0 Å². The first-order valence-corrected chi connectivity index (χ1v) is 8.51. The van der Waals surface area contributed by atoms with Crippen molar-refractivity contribution in [2.75, 3.05) is 6.54 Å². The van der Waals surface area contributed by atoms with Gasteiger partial charge in [0, 0.05) is 6.04 Å². The molecule has 2 aliphatic carbocycles. The van der Waals surface area contributed by atoms with Gasteiger partial charge in [0.05, 0.1) is 0 Å². The van der Waals surface area contributed by atoms with Crippen LogP contribution >= 0.6 is 0 Å². The molecule has 1 nitrogen and oxygen atoms in total. The standard InChI is InChI=1S/C17H33N/c1-4-12-18-17-11-10-15(13(17)3)16-9-7-6-8-14(16)5-2/h13-18H,4-12H2,1-3H3. The Balaban J connectivity index is 1.92. The van der Waals surface area contributed by atoms with Crippen molar-refractivity contribution >= 4 is 0 Å². The molecule has 5 atom stereocenters. The highest BCUT2D eigenvalue weighted by Gasteiger charge is 2.40. The highest BCUT2D eigenvalue weighted by atomic mass is 14.9. The topological polar surface area (TPSA) is 12.0 Å². The molecule has 0 aromatic carbocycles. The van der Waals surface area contributed by atoms with Crippen LogP contribution in [0.15, 0.2) is 0 Å². The molecule has 0 spiro atoms. The van der Waals surface area contributed by atoms with Crippen molar-refractivity contribution in [3.8, 4) is 0 Å². The number of rotatable bonds is 5. The summed E-state index contributed by atoms with van der Waals surface area (Å²) in [5.74, 6) is 4.02. The van der Waals surface area contributed by atoms with Crippen LogP contribution in [0, 0.1) is 23.7 Å². The summed E-state index contributed by atoms with van der Waals surface area (Å²) < 4.78 is 0. The van der Waals surface area contributed by atoms with Crippen molar-refractivity contribution in [2.45, 2.75) is 78.2 Å². The third-order valence-corrected chi connectivity index (χ3v) is 5.82. The first kappa shape index (κ1) is 14.4. The number of nitrogens with one attached hydrogen (secondary N) is 1. The van der Waals surface area contributed by atoms with Crippen LogP contribution in [0.3, 0.4) is 0 Å². The Morgan fingerprint density at radius 3 is 2.44 bits per heavy atom. The van der Waals surface area contributed by atoms with Crippen LogP contribution in [0.1, 0.15) is 72.1 Å². The average Bonchev–Trinajstić information content (AvgIpc) is 2.77. The van der Waals surface area contributed by atoms with Crippen molar-refractivity contribution in [3.05, 3.63) is 0 Å². The zero-order valence-electron chi connectivity index (χ0n) is 12.8. The van der Waals surface area contributed by atoms with Gasteiger partial charge < -0.3 is 5.32 Å². The van der Waals surface area contributed by atoms with Crippen LogP contribution < -0.4 is 5.32 Å². The van der Waals surface area contributed by atoms with Crippen molar-refractivity contribution in [1.82, 2.24) is 5.32 Å². The van der Waals surface area contributed by atoms with Gasteiger partial charge in [0.2, 0.25) is 0 Å². The zero-order valence-corrected chi connectivity index (χ0v) is 12.8. The van der Waals surface area contributed by atoms with Gasteiger partial charge >= 0.3 is 0 Å². The maximum absolute atomic E-state index is 3.78. The summed E-state index contributed by atoms with van der Waals surface area (Å²) in [6, 6.07) is 0.814. The minimum Gasteiger partial charge on any atom is -0.314 e. The second-order valence-corrected chi connectivity index (χ2v) is 6.78. The Bertz CT molecular complexity index is 238. The van der Waals surface area contributed by atoms with Gasteiger partial charge in [-0.1, -0.05) is 46.5 Å². The molecule has 1 heteroatoms. The highest BCUT2D eigenvalue weighted by molar-refractivity contribution is 4.93. The molecule has 18 heavy (non-hydrogen) atoms. The van der Waals surface area contributed by atoms with E-state index in [2.05, 4.69) is 26.1 Å². The Kier molecular flexibility index (Phi) is 5.54. The molecule has 0 heterocycles. The van der Waals surface area contributed by atoms with Gasteiger partial charge in [0.1, 0.15) is 0 Å². The quantitative estimate of drug-likeness (QED) is 0.752. The van der Waals surface area contributed by atoms with E-state index in [9.17, 15) is 0 Å². The lowest BCUT2D eigenvalue weighted by Crippen LogP contribution is -2.36. The van der Waals surface area contributed by atoms with Crippen LogP contribution in [-0.4, -0.2) is 12.6 Å². The number of hydrogen-bond donors (Lipinski definition) is 1. The second kappa shape index (κ2) is 6.93. The fourth-order valence-electron chi connectivity index (χ4n) is 4.72. The van der Waals surface area contributed by atoms with Gasteiger partial charge in [-0.25, -0.2) is 0 Å². The van der Waals surface area contributed by atoms with Crippen LogP contribution in [0.4, 0.5) is 0 Å². The summed E-state index contributed by atoms with van der Waals surface area (Å²) in [5, 5.41) is 3.78. The Labute approximate surface area is 114 Å². The van der Waals surface area contributed by atoms with Gasteiger partial charge in [0.25, 0.3) is 0 Å². The lowest BCUT2D eigenvalue weighted by Gasteiger charge is -2.38. The van der Waals surface area contributed by atoms with Gasteiger partial charge in [0.15, 0.2) is 0 Å². The van der Waals surface area contributed by atoms with E-state index >= 15 is 0 Å². The fraction of sp³-hybridized carbons (Fsp3) is 1.00. The molecule has 1 N–H and O–H groups in total. The van der Waals surface area contributed by atoms with Gasteiger partial charge in [-0.3, -0.25) is 0 Å². The lowest BCUT2D eigenvalue weighted by molar-refractivity contribution is 0.127. The minimum absolute atomic E-state index is 0.814. The van der Waals surface area contributed by atoms with Crippen molar-refractivity contribution in [1.29, 1.82) is 0 Å². The van der Waals surface area contributed by atoms with Gasteiger partial charge in [-0.2, -0.15) is 0 Å². The van der Waals surface area contributed by atoms with E-state index in [1.54, 1.807) is 0 Å². The molecule has 5 unspecified atom stereocenters. The maximum atomic E-state index is 3.78. The Morgan fingerprint density at radius 1 is 0.944 bits per heavy atom. The smallest absolute Gasteiger partial charge is 0.00955 e.